The van der Waals surface area contributed by atoms with Gasteiger partial charge in [0.2, 0.25) is 5.78 Å². The number of oxazole rings is 1. The van der Waals surface area contributed by atoms with Gasteiger partial charge in [-0.1, -0.05) is 6.07 Å². The summed E-state index contributed by atoms with van der Waals surface area (Å²) in [5, 5.41) is 0. The summed E-state index contributed by atoms with van der Waals surface area (Å²) < 4.78 is 6.04. The Hall–Kier alpha value is -1.20. The van der Waals surface area contributed by atoms with Gasteiger partial charge in [-0.15, -0.1) is 0 Å². The summed E-state index contributed by atoms with van der Waals surface area (Å²) in [4.78, 5) is 15.2. The lowest BCUT2D eigenvalue weighted by atomic mass is 10.3. The first kappa shape index (κ1) is 9.36. The summed E-state index contributed by atoms with van der Waals surface area (Å²) in [6, 6.07) is 5.42. The van der Waals surface area contributed by atoms with Gasteiger partial charge in [0.1, 0.15) is 5.52 Å². The highest BCUT2D eigenvalue weighted by atomic mass is 79.9. The first-order valence-electron chi connectivity index (χ1n) is 4.00. The van der Waals surface area contributed by atoms with Gasteiger partial charge in [0.05, 0.1) is 11.0 Å². The third-order valence-corrected chi connectivity index (χ3v) is 2.42. The van der Waals surface area contributed by atoms with Crippen LogP contribution in [-0.2, 0) is 0 Å². The van der Waals surface area contributed by atoms with E-state index in [1.165, 1.54) is 0 Å². The highest BCUT2D eigenvalue weighted by Gasteiger charge is 2.13. The number of fused-ring (bicyclic) bond motifs is 1. The van der Waals surface area contributed by atoms with Crippen molar-refractivity contribution >= 4 is 32.8 Å². The monoisotopic (exact) mass is 254 g/mol. The molecule has 1 heterocycles. The van der Waals surface area contributed by atoms with Crippen molar-refractivity contribution in [1.29, 1.82) is 0 Å². The number of hydrogen-bond donors (Lipinski definition) is 1. The fourth-order valence-electron chi connectivity index (χ4n) is 1.12. The number of Topliss-reactive ketones (excluding diaryl/α,β-unsaturated/α-hetero) is 1. The van der Waals surface area contributed by atoms with Crippen LogP contribution in [0.25, 0.3) is 11.1 Å². The number of rotatable bonds is 2. The van der Waals surface area contributed by atoms with Crippen LogP contribution in [0.2, 0.25) is 0 Å². The normalized spacial score (nSPS) is 10.7. The number of benzene rings is 1. The Bertz CT molecular complexity index is 493. The molecule has 0 aliphatic rings. The molecule has 0 atom stereocenters. The van der Waals surface area contributed by atoms with Gasteiger partial charge < -0.3 is 10.2 Å². The molecule has 2 N–H and O–H groups in total. The van der Waals surface area contributed by atoms with Crippen LogP contribution >= 0.6 is 15.9 Å². The van der Waals surface area contributed by atoms with Crippen molar-refractivity contribution < 1.29 is 9.21 Å². The maximum Gasteiger partial charge on any atom is 0.265 e. The first-order chi connectivity index (χ1) is 6.72. The van der Waals surface area contributed by atoms with Crippen LogP contribution in [0.3, 0.4) is 0 Å². The van der Waals surface area contributed by atoms with Crippen molar-refractivity contribution in [2.75, 3.05) is 6.54 Å². The molecule has 0 fully saturated rings. The van der Waals surface area contributed by atoms with E-state index < -0.39 is 0 Å². The Morgan fingerprint density at radius 1 is 1.57 bits per heavy atom. The van der Waals surface area contributed by atoms with Gasteiger partial charge in [-0.2, -0.15) is 0 Å². The molecule has 5 heteroatoms. The first-order valence-corrected chi connectivity index (χ1v) is 4.80. The number of aromatic nitrogens is 1. The van der Waals surface area contributed by atoms with Gasteiger partial charge >= 0.3 is 0 Å². The number of halogens is 1. The van der Waals surface area contributed by atoms with Crippen molar-refractivity contribution in [3.8, 4) is 0 Å². The third-order valence-electron chi connectivity index (χ3n) is 1.79. The molecule has 4 nitrogen and oxygen atoms in total. The fraction of sp³-hybridized carbons (Fsp3) is 0.111. The van der Waals surface area contributed by atoms with E-state index in [1.807, 2.05) is 12.1 Å². The second-order valence-corrected chi connectivity index (χ2v) is 3.59. The van der Waals surface area contributed by atoms with Crippen molar-refractivity contribution in [2.24, 2.45) is 5.73 Å². The smallest absolute Gasteiger partial charge is 0.265 e. The zero-order valence-corrected chi connectivity index (χ0v) is 8.74. The lowest BCUT2D eigenvalue weighted by Crippen LogP contribution is -2.13. The number of carbonyl (C=O) groups excluding carboxylic acids is 1. The molecule has 0 aliphatic heterocycles. The summed E-state index contributed by atoms with van der Waals surface area (Å²) in [6.45, 7) is -0.0928. The minimum atomic E-state index is -0.298. The predicted octanol–water partition coefficient (Wildman–Crippen LogP) is 1.73. The lowest BCUT2D eigenvalue weighted by molar-refractivity contribution is 0.0970. The number of nitrogens with zero attached hydrogens (tertiary/aromatic N) is 1. The predicted molar refractivity (Wildman–Crippen MR) is 55.1 cm³/mol. The SMILES string of the molecule is NCC(=O)c1nc2cccc(Br)c2o1. The zero-order chi connectivity index (χ0) is 10.1. The Kier molecular flexibility index (Phi) is 2.35. The summed E-state index contributed by atoms with van der Waals surface area (Å²) in [7, 11) is 0. The molecule has 0 bridgehead atoms. The van der Waals surface area contributed by atoms with Crippen molar-refractivity contribution in [2.45, 2.75) is 0 Å². The van der Waals surface area contributed by atoms with Gasteiger partial charge in [0, 0.05) is 0 Å². The average Bonchev–Trinajstić information content (AvgIpc) is 2.62. The molecule has 0 saturated heterocycles. The van der Waals surface area contributed by atoms with Crippen LogP contribution in [0.4, 0.5) is 0 Å². The van der Waals surface area contributed by atoms with Crippen LogP contribution < -0.4 is 5.73 Å². The maximum atomic E-state index is 11.2. The molecular weight excluding hydrogens is 248 g/mol. The van der Waals surface area contributed by atoms with E-state index >= 15 is 0 Å². The van der Waals surface area contributed by atoms with Gasteiger partial charge in [-0.05, 0) is 28.1 Å². The van der Waals surface area contributed by atoms with Gasteiger partial charge in [-0.25, -0.2) is 4.98 Å². The second kappa shape index (κ2) is 3.51. The van der Waals surface area contributed by atoms with Gasteiger partial charge in [0.15, 0.2) is 5.58 Å². The average molecular weight is 255 g/mol. The van der Waals surface area contributed by atoms with Crippen molar-refractivity contribution in [3.05, 3.63) is 28.6 Å². The molecule has 0 aliphatic carbocycles. The standard InChI is InChI=1S/C9H7BrN2O2/c10-5-2-1-3-6-8(5)14-9(12-6)7(13)4-11/h1-3H,4,11H2. The number of hydrogen-bond acceptors (Lipinski definition) is 4. The molecule has 0 unspecified atom stereocenters. The van der Waals surface area contributed by atoms with E-state index in [0.29, 0.717) is 11.1 Å². The number of ketones is 1. The van der Waals surface area contributed by atoms with E-state index in [0.717, 1.165) is 4.47 Å². The second-order valence-electron chi connectivity index (χ2n) is 2.73. The maximum absolute atomic E-state index is 11.2. The van der Waals surface area contributed by atoms with E-state index in [-0.39, 0.29) is 18.2 Å². The fourth-order valence-corrected chi connectivity index (χ4v) is 1.56. The van der Waals surface area contributed by atoms with Gasteiger partial charge in [-0.3, -0.25) is 4.79 Å². The lowest BCUT2D eigenvalue weighted by Gasteiger charge is -1.88. The van der Waals surface area contributed by atoms with E-state index in [2.05, 4.69) is 20.9 Å². The minimum absolute atomic E-state index is 0.0643. The van der Waals surface area contributed by atoms with Crippen LogP contribution in [-0.4, -0.2) is 17.3 Å². The highest BCUT2D eigenvalue weighted by Crippen LogP contribution is 2.24. The van der Waals surface area contributed by atoms with Crippen LogP contribution in [0.1, 0.15) is 10.7 Å². The number of carbonyl (C=O) groups is 1. The Morgan fingerprint density at radius 3 is 3.00 bits per heavy atom. The molecule has 2 aromatic rings. The molecule has 0 amide bonds. The van der Waals surface area contributed by atoms with Crippen molar-refractivity contribution in [3.63, 3.8) is 0 Å². The summed E-state index contributed by atoms with van der Waals surface area (Å²) in [5.74, 6) is -0.234. The molecule has 1 aromatic heterocycles. The summed E-state index contributed by atoms with van der Waals surface area (Å²) >= 11 is 3.30. The number of nitrogens with two attached hydrogens (primary N) is 1. The highest BCUT2D eigenvalue weighted by molar-refractivity contribution is 9.10. The Morgan fingerprint density at radius 2 is 2.36 bits per heavy atom. The van der Waals surface area contributed by atoms with Crippen LogP contribution in [0.5, 0.6) is 0 Å². The quantitative estimate of drug-likeness (QED) is 0.829. The molecule has 2 rings (SSSR count). The van der Waals surface area contributed by atoms with E-state index in [9.17, 15) is 4.79 Å². The van der Waals surface area contributed by atoms with E-state index in [1.54, 1.807) is 6.07 Å². The largest absolute Gasteiger partial charge is 0.432 e. The van der Waals surface area contributed by atoms with Gasteiger partial charge in [0.25, 0.3) is 5.89 Å². The molecule has 0 radical (unpaired) electrons. The number of para-hydroxylation sites is 1. The summed E-state index contributed by atoms with van der Waals surface area (Å²) in [5.41, 5.74) is 6.43. The Balaban J connectivity index is 2.62. The Labute approximate surface area is 88.2 Å². The minimum Gasteiger partial charge on any atom is -0.432 e. The topological polar surface area (TPSA) is 69.1 Å². The molecule has 0 spiro atoms. The van der Waals surface area contributed by atoms with Crippen LogP contribution in [0, 0.1) is 0 Å². The molecule has 14 heavy (non-hydrogen) atoms. The van der Waals surface area contributed by atoms with E-state index in [4.69, 9.17) is 10.2 Å². The third kappa shape index (κ3) is 1.44. The molecule has 72 valence electrons. The molecule has 0 saturated carbocycles. The van der Waals surface area contributed by atoms with Crippen molar-refractivity contribution in [1.82, 2.24) is 4.98 Å². The molecule has 1 aromatic carbocycles. The van der Waals surface area contributed by atoms with Crippen LogP contribution in [0.15, 0.2) is 27.1 Å². The summed E-state index contributed by atoms with van der Waals surface area (Å²) in [6.07, 6.45) is 0. The zero-order valence-electron chi connectivity index (χ0n) is 7.16. The molecular formula is C9H7BrN2O2.